The smallest absolute Gasteiger partial charge is 0.187 e. The molecule has 0 radical (unpaired) electrons. The van der Waals surface area contributed by atoms with Crippen molar-refractivity contribution >= 4 is 23.5 Å². The van der Waals surface area contributed by atoms with Crippen molar-refractivity contribution < 1.29 is 9.47 Å². The summed E-state index contributed by atoms with van der Waals surface area (Å²) in [4.78, 5) is 0. The van der Waals surface area contributed by atoms with Crippen molar-refractivity contribution in [1.82, 2.24) is 10.7 Å². The Balaban J connectivity index is 1.54. The molecule has 1 fully saturated rings. The van der Waals surface area contributed by atoms with Crippen molar-refractivity contribution in [3.8, 4) is 11.5 Å². The van der Waals surface area contributed by atoms with Crippen molar-refractivity contribution in [1.29, 1.82) is 0 Å². The molecule has 0 spiro atoms. The molecule has 3 rings (SSSR count). The topological polar surface area (TPSA) is 54.9 Å². The molecule has 148 valence electrons. The van der Waals surface area contributed by atoms with Gasteiger partial charge in [0.2, 0.25) is 0 Å². The maximum Gasteiger partial charge on any atom is 0.187 e. The second kappa shape index (κ2) is 10.7. The Morgan fingerprint density at radius 3 is 2.79 bits per heavy atom. The molecule has 0 unspecified atom stereocenters. The fourth-order valence-corrected chi connectivity index (χ4v) is 3.49. The highest BCUT2D eigenvalue weighted by Gasteiger charge is 2.13. The number of para-hydroxylation sites is 1. The minimum atomic E-state index is 0.455. The van der Waals surface area contributed by atoms with E-state index in [1.807, 2.05) is 48.5 Å². The molecule has 5 nitrogen and oxygen atoms in total. The first-order chi connectivity index (χ1) is 13.7. The van der Waals surface area contributed by atoms with E-state index >= 15 is 0 Å². The van der Waals surface area contributed by atoms with Gasteiger partial charge in [0, 0.05) is 11.6 Å². The first-order valence-electron chi connectivity index (χ1n) is 9.69. The summed E-state index contributed by atoms with van der Waals surface area (Å²) in [6.07, 6.45) is 7.93. The van der Waals surface area contributed by atoms with Crippen LogP contribution in [0.3, 0.4) is 0 Å². The average Bonchev–Trinajstić information content (AvgIpc) is 2.74. The quantitative estimate of drug-likeness (QED) is 0.412. The second-order valence-electron chi connectivity index (χ2n) is 6.86. The van der Waals surface area contributed by atoms with Crippen LogP contribution in [0.5, 0.6) is 11.5 Å². The van der Waals surface area contributed by atoms with E-state index in [1.54, 1.807) is 13.3 Å². The summed E-state index contributed by atoms with van der Waals surface area (Å²) in [7, 11) is 1.66. The molecule has 0 heterocycles. The van der Waals surface area contributed by atoms with Gasteiger partial charge in [0.15, 0.2) is 5.11 Å². The number of nitrogens with one attached hydrogen (secondary N) is 2. The first-order valence-corrected chi connectivity index (χ1v) is 10.1. The Bertz CT molecular complexity index is 804. The van der Waals surface area contributed by atoms with Gasteiger partial charge in [-0.05, 0) is 54.9 Å². The zero-order valence-electron chi connectivity index (χ0n) is 16.2. The monoisotopic (exact) mass is 397 g/mol. The van der Waals surface area contributed by atoms with Gasteiger partial charge in [-0.25, -0.2) is 0 Å². The van der Waals surface area contributed by atoms with Crippen LogP contribution in [0.15, 0.2) is 53.6 Å². The van der Waals surface area contributed by atoms with Crippen LogP contribution < -0.4 is 20.2 Å². The maximum atomic E-state index is 5.98. The molecule has 1 aliphatic carbocycles. The number of nitrogens with zero attached hydrogens (tertiary/aromatic N) is 1. The lowest BCUT2D eigenvalue weighted by molar-refractivity contribution is 0.305. The zero-order valence-corrected chi connectivity index (χ0v) is 17.0. The first kappa shape index (κ1) is 20.1. The number of hydrogen-bond acceptors (Lipinski definition) is 4. The summed E-state index contributed by atoms with van der Waals surface area (Å²) in [5.41, 5.74) is 4.84. The van der Waals surface area contributed by atoms with Crippen LogP contribution in [0, 0.1) is 0 Å². The Hall–Kier alpha value is -2.60. The number of hydrazone groups is 1. The third-order valence-corrected chi connectivity index (χ3v) is 4.97. The molecule has 0 saturated heterocycles. The summed E-state index contributed by atoms with van der Waals surface area (Å²) in [5.74, 6) is 1.58. The van der Waals surface area contributed by atoms with Crippen LogP contribution >= 0.6 is 12.2 Å². The highest BCUT2D eigenvalue weighted by atomic mass is 32.1. The lowest BCUT2D eigenvalue weighted by atomic mass is 9.96. The molecular weight excluding hydrogens is 370 g/mol. The minimum absolute atomic E-state index is 0.455. The Labute approximate surface area is 172 Å². The molecule has 0 bridgehead atoms. The standard InChI is InChI=1S/C22H27N3O2S/c1-26-20-12-7-8-17(14-20)16-27-21-13-6-5-9-18(21)15-23-25-22(28)24-19-10-3-2-4-11-19/h5-9,12-15,19H,2-4,10-11,16H2,1H3,(H2,24,25,28)/b23-15+. The molecular formula is C22H27N3O2S. The molecule has 2 aromatic rings. The number of hydrogen-bond donors (Lipinski definition) is 2. The molecule has 0 aliphatic heterocycles. The van der Waals surface area contributed by atoms with E-state index in [9.17, 15) is 0 Å². The zero-order chi connectivity index (χ0) is 19.6. The third-order valence-electron chi connectivity index (χ3n) is 4.76. The number of thiocarbonyl (C=S) groups is 1. The van der Waals surface area contributed by atoms with Gasteiger partial charge in [-0.3, -0.25) is 5.43 Å². The van der Waals surface area contributed by atoms with E-state index < -0.39 is 0 Å². The second-order valence-corrected chi connectivity index (χ2v) is 7.26. The molecule has 0 aromatic heterocycles. The van der Waals surface area contributed by atoms with Crippen LogP contribution in [-0.4, -0.2) is 24.5 Å². The fourth-order valence-electron chi connectivity index (χ4n) is 3.27. The Kier molecular flexibility index (Phi) is 7.67. The van der Waals surface area contributed by atoms with Crippen LogP contribution in [0.1, 0.15) is 43.2 Å². The van der Waals surface area contributed by atoms with Crippen LogP contribution in [0.25, 0.3) is 0 Å². The lowest BCUT2D eigenvalue weighted by Gasteiger charge is -2.23. The van der Waals surface area contributed by atoms with E-state index in [0.717, 1.165) is 22.6 Å². The summed E-state index contributed by atoms with van der Waals surface area (Å²) in [6.45, 7) is 0.455. The van der Waals surface area contributed by atoms with Crippen molar-refractivity contribution in [2.75, 3.05) is 7.11 Å². The van der Waals surface area contributed by atoms with E-state index in [0.29, 0.717) is 17.8 Å². The predicted octanol–water partition coefficient (Wildman–Crippen LogP) is 4.40. The molecule has 1 saturated carbocycles. The van der Waals surface area contributed by atoms with Gasteiger partial charge in [0.05, 0.1) is 13.3 Å². The number of rotatable bonds is 7. The number of benzene rings is 2. The lowest BCUT2D eigenvalue weighted by Crippen LogP contribution is -2.40. The van der Waals surface area contributed by atoms with Crippen molar-refractivity contribution in [2.24, 2.45) is 5.10 Å². The Morgan fingerprint density at radius 1 is 1.14 bits per heavy atom. The average molecular weight is 398 g/mol. The van der Waals surface area contributed by atoms with Crippen molar-refractivity contribution in [3.63, 3.8) is 0 Å². The largest absolute Gasteiger partial charge is 0.497 e. The SMILES string of the molecule is COc1cccc(COc2ccccc2/C=N/NC(=S)NC2CCCCC2)c1. The van der Waals surface area contributed by atoms with E-state index in [2.05, 4.69) is 15.8 Å². The molecule has 0 amide bonds. The normalized spacial score (nSPS) is 14.6. The van der Waals surface area contributed by atoms with Gasteiger partial charge in [-0.2, -0.15) is 5.10 Å². The highest BCUT2D eigenvalue weighted by molar-refractivity contribution is 7.80. The predicted molar refractivity (Wildman–Crippen MR) is 117 cm³/mol. The Morgan fingerprint density at radius 2 is 1.96 bits per heavy atom. The summed E-state index contributed by atoms with van der Waals surface area (Å²) in [5, 5.41) is 8.18. The van der Waals surface area contributed by atoms with Crippen LogP contribution in [-0.2, 0) is 6.61 Å². The van der Waals surface area contributed by atoms with Crippen LogP contribution in [0.2, 0.25) is 0 Å². The van der Waals surface area contributed by atoms with Gasteiger partial charge in [0.1, 0.15) is 18.1 Å². The molecule has 1 aliphatic rings. The van der Waals surface area contributed by atoms with E-state index in [4.69, 9.17) is 21.7 Å². The van der Waals surface area contributed by atoms with Gasteiger partial charge >= 0.3 is 0 Å². The number of ether oxygens (including phenoxy) is 2. The van der Waals surface area contributed by atoms with Crippen molar-refractivity contribution in [2.45, 2.75) is 44.8 Å². The van der Waals surface area contributed by atoms with Gasteiger partial charge < -0.3 is 14.8 Å². The van der Waals surface area contributed by atoms with E-state index in [1.165, 1.54) is 32.1 Å². The molecule has 28 heavy (non-hydrogen) atoms. The third kappa shape index (κ3) is 6.23. The van der Waals surface area contributed by atoms with Gasteiger partial charge in [-0.1, -0.05) is 43.5 Å². The van der Waals surface area contributed by atoms with Crippen LogP contribution in [0.4, 0.5) is 0 Å². The summed E-state index contributed by atoms with van der Waals surface area (Å²) >= 11 is 5.34. The van der Waals surface area contributed by atoms with Crippen molar-refractivity contribution in [3.05, 3.63) is 59.7 Å². The molecule has 2 N–H and O–H groups in total. The minimum Gasteiger partial charge on any atom is -0.497 e. The van der Waals surface area contributed by atoms with E-state index in [-0.39, 0.29) is 0 Å². The number of methoxy groups -OCH3 is 1. The van der Waals surface area contributed by atoms with Gasteiger partial charge in [-0.15, -0.1) is 0 Å². The van der Waals surface area contributed by atoms with Gasteiger partial charge in [0.25, 0.3) is 0 Å². The highest BCUT2D eigenvalue weighted by Crippen LogP contribution is 2.19. The fraction of sp³-hybridized carbons (Fsp3) is 0.364. The molecule has 6 heteroatoms. The summed E-state index contributed by atoms with van der Waals surface area (Å²) in [6, 6.07) is 16.1. The molecule has 2 aromatic carbocycles. The molecule has 0 atom stereocenters. The maximum absolute atomic E-state index is 5.98. The summed E-state index contributed by atoms with van der Waals surface area (Å²) < 4.78 is 11.2.